The zero-order valence-electron chi connectivity index (χ0n) is 9.07. The minimum Gasteiger partial charge on any atom is -0.340 e. The summed E-state index contributed by atoms with van der Waals surface area (Å²) in [5.41, 5.74) is 2.33. The lowest BCUT2D eigenvalue weighted by Crippen LogP contribution is -1.96. The summed E-state index contributed by atoms with van der Waals surface area (Å²) >= 11 is 8.49. The summed E-state index contributed by atoms with van der Waals surface area (Å²) < 4.78 is 1.40. The second-order valence-electron chi connectivity index (χ2n) is 3.65. The van der Waals surface area contributed by atoms with Crippen molar-refractivity contribution in [3.8, 4) is 0 Å². The van der Waals surface area contributed by atoms with Crippen molar-refractivity contribution in [2.24, 2.45) is 0 Å². The second-order valence-corrected chi connectivity index (χ2v) is 4.96. The predicted octanol–water partition coefficient (Wildman–Crippen LogP) is 3.52. The Hall–Kier alpha value is -1.73. The molecule has 0 aliphatic rings. The molecule has 0 unspecified atom stereocenters. The number of H-pyrrole nitrogens is 2. The van der Waals surface area contributed by atoms with Gasteiger partial charge in [0.15, 0.2) is 5.65 Å². The first-order chi connectivity index (χ1) is 8.72. The van der Waals surface area contributed by atoms with Crippen molar-refractivity contribution in [2.45, 2.75) is 0 Å². The topological polar surface area (TPSA) is 69.4 Å². The Morgan fingerprint density at radius 2 is 2.22 bits per heavy atom. The summed E-state index contributed by atoms with van der Waals surface area (Å²) in [5, 5.41) is 3.25. The van der Waals surface area contributed by atoms with Gasteiger partial charge in [-0.05, 0) is 30.4 Å². The van der Waals surface area contributed by atoms with Crippen molar-refractivity contribution in [3.05, 3.63) is 39.8 Å². The Morgan fingerprint density at radius 1 is 1.33 bits per heavy atom. The third-order valence-electron chi connectivity index (χ3n) is 2.40. The number of aromatic nitrogens is 4. The first-order valence-electron chi connectivity index (χ1n) is 5.18. The molecule has 5 nitrogen and oxygen atoms in total. The van der Waals surface area contributed by atoms with Crippen molar-refractivity contribution in [2.75, 3.05) is 5.32 Å². The zero-order chi connectivity index (χ0) is 12.5. The molecule has 0 fully saturated rings. The van der Waals surface area contributed by atoms with Gasteiger partial charge in [0, 0.05) is 10.2 Å². The molecule has 0 amide bonds. The van der Waals surface area contributed by atoms with Crippen molar-refractivity contribution in [1.82, 2.24) is 19.9 Å². The molecule has 1 aromatic carbocycles. The number of aromatic amines is 2. The summed E-state index contributed by atoms with van der Waals surface area (Å²) in [6.45, 7) is 0. The SMILES string of the molecule is S=c1nc2nc[nH]c2c(Nc2cccc(Br)c2)[nH]1. The second kappa shape index (κ2) is 4.51. The van der Waals surface area contributed by atoms with Gasteiger partial charge in [-0.15, -0.1) is 0 Å². The van der Waals surface area contributed by atoms with E-state index in [9.17, 15) is 0 Å². The van der Waals surface area contributed by atoms with E-state index in [0.29, 0.717) is 10.4 Å². The number of fused-ring (bicyclic) bond motifs is 1. The molecule has 7 heteroatoms. The molecule has 90 valence electrons. The summed E-state index contributed by atoms with van der Waals surface area (Å²) in [5.74, 6) is 0.751. The lowest BCUT2D eigenvalue weighted by molar-refractivity contribution is 1.16. The number of nitrogens with zero attached hydrogens (tertiary/aromatic N) is 2. The highest BCUT2D eigenvalue weighted by molar-refractivity contribution is 9.10. The van der Waals surface area contributed by atoms with Crippen molar-refractivity contribution in [3.63, 3.8) is 0 Å². The van der Waals surface area contributed by atoms with E-state index in [1.54, 1.807) is 6.33 Å². The minimum absolute atomic E-state index is 0.395. The average molecular weight is 322 g/mol. The Balaban J connectivity index is 2.09. The van der Waals surface area contributed by atoms with Crippen LogP contribution in [0.1, 0.15) is 0 Å². The largest absolute Gasteiger partial charge is 0.340 e. The van der Waals surface area contributed by atoms with Gasteiger partial charge in [0.05, 0.1) is 6.33 Å². The van der Waals surface area contributed by atoms with Gasteiger partial charge >= 0.3 is 0 Å². The van der Waals surface area contributed by atoms with Crippen LogP contribution in [0.15, 0.2) is 35.1 Å². The lowest BCUT2D eigenvalue weighted by atomic mass is 10.3. The Bertz CT molecular complexity index is 763. The fraction of sp³-hybridized carbons (Fsp3) is 0. The van der Waals surface area contributed by atoms with E-state index < -0.39 is 0 Å². The quantitative estimate of drug-likeness (QED) is 0.632. The van der Waals surface area contributed by atoms with E-state index in [0.717, 1.165) is 21.5 Å². The van der Waals surface area contributed by atoms with Gasteiger partial charge in [0.25, 0.3) is 0 Å². The van der Waals surface area contributed by atoms with Gasteiger partial charge in [0.2, 0.25) is 4.77 Å². The van der Waals surface area contributed by atoms with Crippen LogP contribution in [-0.2, 0) is 0 Å². The molecule has 0 spiro atoms. The van der Waals surface area contributed by atoms with E-state index in [-0.39, 0.29) is 0 Å². The lowest BCUT2D eigenvalue weighted by Gasteiger charge is -2.07. The van der Waals surface area contributed by atoms with Crippen LogP contribution in [0.3, 0.4) is 0 Å². The molecule has 0 aliphatic carbocycles. The summed E-state index contributed by atoms with van der Waals surface area (Å²) in [6, 6.07) is 7.85. The van der Waals surface area contributed by atoms with Crippen LogP contribution in [0, 0.1) is 4.77 Å². The molecule has 0 aliphatic heterocycles. The Labute approximate surface area is 116 Å². The van der Waals surface area contributed by atoms with Gasteiger partial charge in [-0.1, -0.05) is 22.0 Å². The number of imidazole rings is 1. The van der Waals surface area contributed by atoms with Crippen LogP contribution >= 0.6 is 28.1 Å². The van der Waals surface area contributed by atoms with Crippen LogP contribution in [0.4, 0.5) is 11.5 Å². The highest BCUT2D eigenvalue weighted by atomic mass is 79.9. The van der Waals surface area contributed by atoms with E-state index in [4.69, 9.17) is 12.2 Å². The van der Waals surface area contributed by atoms with Crippen LogP contribution in [0.5, 0.6) is 0 Å². The monoisotopic (exact) mass is 321 g/mol. The zero-order valence-corrected chi connectivity index (χ0v) is 11.5. The molecule has 2 aromatic heterocycles. The number of rotatable bonds is 2. The molecule has 0 radical (unpaired) electrons. The number of hydrogen-bond acceptors (Lipinski definition) is 4. The molecule has 0 saturated carbocycles. The standard InChI is InChI=1S/C11H8BrN5S/c12-6-2-1-3-7(4-6)15-10-8-9(14-5-13-8)16-11(18)17-10/h1-5H,(H3,13,14,15,16,17,18). The molecule has 2 heterocycles. The minimum atomic E-state index is 0.395. The molecule has 0 bridgehead atoms. The van der Waals surface area contributed by atoms with E-state index in [1.165, 1.54) is 0 Å². The van der Waals surface area contributed by atoms with Crippen molar-refractivity contribution >= 4 is 50.8 Å². The van der Waals surface area contributed by atoms with E-state index >= 15 is 0 Å². The molecular formula is C11H8BrN5S. The smallest absolute Gasteiger partial charge is 0.200 e. The summed E-state index contributed by atoms with van der Waals surface area (Å²) in [6.07, 6.45) is 1.59. The number of hydrogen-bond donors (Lipinski definition) is 3. The van der Waals surface area contributed by atoms with Crippen molar-refractivity contribution < 1.29 is 0 Å². The van der Waals surface area contributed by atoms with Gasteiger partial charge in [-0.25, -0.2) is 4.98 Å². The van der Waals surface area contributed by atoms with Crippen molar-refractivity contribution in [1.29, 1.82) is 0 Å². The first kappa shape index (κ1) is 11.4. The molecular weight excluding hydrogens is 314 g/mol. The summed E-state index contributed by atoms with van der Waals surface area (Å²) in [4.78, 5) is 14.3. The molecule has 0 saturated heterocycles. The average Bonchev–Trinajstić information content (AvgIpc) is 2.77. The van der Waals surface area contributed by atoms with Crippen LogP contribution in [-0.4, -0.2) is 19.9 Å². The first-order valence-corrected chi connectivity index (χ1v) is 6.38. The molecule has 0 atom stereocenters. The molecule has 3 N–H and O–H groups in total. The van der Waals surface area contributed by atoms with Crippen LogP contribution < -0.4 is 5.32 Å². The number of anilines is 2. The van der Waals surface area contributed by atoms with Gasteiger partial charge in [0.1, 0.15) is 11.3 Å². The maximum Gasteiger partial charge on any atom is 0.200 e. The third-order valence-corrected chi connectivity index (χ3v) is 3.09. The predicted molar refractivity (Wildman–Crippen MR) is 76.5 cm³/mol. The number of halogens is 1. The highest BCUT2D eigenvalue weighted by Crippen LogP contribution is 2.22. The van der Waals surface area contributed by atoms with Gasteiger partial charge in [-0.3, -0.25) is 0 Å². The van der Waals surface area contributed by atoms with Gasteiger partial charge in [-0.2, -0.15) is 4.98 Å². The molecule has 3 aromatic rings. The van der Waals surface area contributed by atoms with Crippen LogP contribution in [0.25, 0.3) is 11.2 Å². The highest BCUT2D eigenvalue weighted by Gasteiger charge is 2.06. The van der Waals surface area contributed by atoms with E-state index in [2.05, 4.69) is 41.2 Å². The summed E-state index contributed by atoms with van der Waals surface area (Å²) in [7, 11) is 0. The molecule has 3 rings (SSSR count). The Morgan fingerprint density at radius 3 is 3.06 bits per heavy atom. The maximum atomic E-state index is 5.07. The number of nitrogens with one attached hydrogen (secondary N) is 3. The maximum absolute atomic E-state index is 5.07. The van der Waals surface area contributed by atoms with E-state index in [1.807, 2.05) is 24.3 Å². The third kappa shape index (κ3) is 2.14. The van der Waals surface area contributed by atoms with Gasteiger partial charge < -0.3 is 15.3 Å². The normalized spacial score (nSPS) is 10.7. The fourth-order valence-corrected chi connectivity index (χ4v) is 2.24. The Kier molecular flexibility index (Phi) is 2.85. The van der Waals surface area contributed by atoms with Crippen LogP contribution in [0.2, 0.25) is 0 Å². The fourth-order valence-electron chi connectivity index (χ4n) is 1.65. The number of benzene rings is 1. The molecule has 18 heavy (non-hydrogen) atoms.